The van der Waals surface area contributed by atoms with E-state index >= 15 is 0 Å². The number of carboxylic acid groups (broad SMARTS) is 1. The lowest BCUT2D eigenvalue weighted by Crippen LogP contribution is -2.45. The molecule has 0 fully saturated rings. The fraction of sp³-hybridized carbons (Fsp3) is 0.219. The Bertz CT molecular complexity index is 1800. The summed E-state index contributed by atoms with van der Waals surface area (Å²) in [5, 5.41) is 19.6. The van der Waals surface area contributed by atoms with Crippen molar-refractivity contribution in [1.82, 2.24) is 0 Å². The van der Waals surface area contributed by atoms with Crippen LogP contribution in [0.25, 0.3) is 22.3 Å². The molecule has 44 heavy (non-hydrogen) atoms. The number of hydrogen-bond donors (Lipinski definition) is 2. The maximum absolute atomic E-state index is 14.1. The molecule has 2 unspecified atom stereocenters. The van der Waals surface area contributed by atoms with Crippen LogP contribution >= 0.6 is 23.2 Å². The molecule has 0 aliphatic heterocycles. The standard InChI is InChI=1S/C17H12ClF3O3.C15H10ClF3O/c1-9-6-12-15(13(18)7-9)10-4-2-3-5-11(10)16(12,17(19,20)21)24-8-14(22)23;1-8-6-11-13(12(16)7-8)9-4-2-3-5-10(9)14(11,20)15(17,18)19/h2-7H,8H2,1H3,(H,22,23);2-7,20H,1H3. The van der Waals surface area contributed by atoms with Gasteiger partial charge in [0, 0.05) is 43.4 Å². The number of aryl methyl sites for hydroxylation is 2. The van der Waals surface area contributed by atoms with Gasteiger partial charge in [-0.25, -0.2) is 4.79 Å². The number of aliphatic hydroxyl groups is 1. The van der Waals surface area contributed by atoms with E-state index in [2.05, 4.69) is 0 Å². The van der Waals surface area contributed by atoms with E-state index in [1.807, 2.05) is 0 Å². The Balaban J connectivity index is 0.000000177. The molecular formula is C32H22Cl2F6O4. The highest BCUT2D eigenvalue weighted by molar-refractivity contribution is 6.34. The number of ether oxygens (including phenoxy) is 1. The van der Waals surface area contributed by atoms with Gasteiger partial charge < -0.3 is 14.9 Å². The van der Waals surface area contributed by atoms with Gasteiger partial charge in [-0.15, -0.1) is 0 Å². The minimum absolute atomic E-state index is 0.152. The van der Waals surface area contributed by atoms with Crippen molar-refractivity contribution in [2.45, 2.75) is 37.4 Å². The lowest BCUT2D eigenvalue weighted by atomic mass is 9.89. The molecule has 6 rings (SSSR count). The molecule has 0 aromatic heterocycles. The van der Waals surface area contributed by atoms with E-state index in [1.54, 1.807) is 44.2 Å². The fourth-order valence-corrected chi connectivity index (χ4v) is 6.68. The summed E-state index contributed by atoms with van der Waals surface area (Å²) >= 11 is 12.3. The Morgan fingerprint density at radius 3 is 1.68 bits per heavy atom. The van der Waals surface area contributed by atoms with Crippen LogP contribution < -0.4 is 0 Å². The molecule has 4 aromatic rings. The molecule has 0 bridgehead atoms. The van der Waals surface area contributed by atoms with Crippen molar-refractivity contribution < 1.29 is 46.1 Å². The molecule has 2 aliphatic carbocycles. The van der Waals surface area contributed by atoms with E-state index in [0.29, 0.717) is 22.3 Å². The van der Waals surface area contributed by atoms with Crippen LogP contribution in [0.5, 0.6) is 0 Å². The quantitative estimate of drug-likeness (QED) is 0.216. The van der Waals surface area contributed by atoms with Gasteiger partial charge in [0.05, 0.1) is 0 Å². The van der Waals surface area contributed by atoms with Crippen molar-refractivity contribution in [2.24, 2.45) is 0 Å². The minimum atomic E-state index is -4.86. The number of carboxylic acids is 1. The SMILES string of the molecule is Cc1cc(Cl)c2c(c1)C(O)(C(F)(F)F)c1ccccc1-2.Cc1cc(Cl)c2c(c1)C(OCC(=O)O)(C(F)(F)F)c1ccccc1-2. The number of fused-ring (bicyclic) bond motifs is 6. The minimum Gasteiger partial charge on any atom is -0.480 e. The topological polar surface area (TPSA) is 66.8 Å². The summed E-state index contributed by atoms with van der Waals surface area (Å²) in [5.41, 5.74) is -4.36. The Morgan fingerprint density at radius 1 is 0.727 bits per heavy atom. The molecule has 4 nitrogen and oxygen atoms in total. The van der Waals surface area contributed by atoms with Gasteiger partial charge in [0.1, 0.15) is 6.61 Å². The molecule has 0 saturated heterocycles. The van der Waals surface area contributed by atoms with Crippen molar-refractivity contribution in [2.75, 3.05) is 6.61 Å². The summed E-state index contributed by atoms with van der Waals surface area (Å²) in [4.78, 5) is 10.9. The molecule has 0 radical (unpaired) electrons. The molecular weight excluding hydrogens is 633 g/mol. The smallest absolute Gasteiger partial charge is 0.426 e. The Morgan fingerprint density at radius 2 is 1.18 bits per heavy atom. The number of rotatable bonds is 3. The van der Waals surface area contributed by atoms with Crippen LogP contribution in [0, 0.1) is 13.8 Å². The summed E-state index contributed by atoms with van der Waals surface area (Å²) in [6.07, 6.45) is -9.67. The third kappa shape index (κ3) is 4.75. The highest BCUT2D eigenvalue weighted by Crippen LogP contribution is 2.59. The number of benzene rings is 4. The molecule has 12 heteroatoms. The van der Waals surface area contributed by atoms with Crippen LogP contribution in [0.4, 0.5) is 26.3 Å². The lowest BCUT2D eigenvalue weighted by molar-refractivity contribution is -0.264. The first-order valence-corrected chi connectivity index (χ1v) is 13.7. The summed E-state index contributed by atoms with van der Waals surface area (Å²) in [6, 6.07) is 17.6. The molecule has 0 saturated carbocycles. The Labute approximate surface area is 257 Å². The maximum Gasteiger partial charge on any atom is 0.426 e. The van der Waals surface area contributed by atoms with Crippen molar-refractivity contribution in [3.63, 3.8) is 0 Å². The zero-order chi connectivity index (χ0) is 32.4. The number of halogens is 8. The molecule has 2 aliphatic rings. The summed E-state index contributed by atoms with van der Waals surface area (Å²) in [5.74, 6) is -1.48. The summed E-state index contributed by atoms with van der Waals surface area (Å²) in [6.45, 7) is 2.18. The van der Waals surface area contributed by atoms with Crippen molar-refractivity contribution in [3.05, 3.63) is 116 Å². The molecule has 4 aromatic carbocycles. The lowest BCUT2D eigenvalue weighted by Gasteiger charge is -2.33. The Kier molecular flexibility index (Phi) is 7.82. The highest BCUT2D eigenvalue weighted by Gasteiger charge is 2.64. The van der Waals surface area contributed by atoms with Crippen LogP contribution in [0.3, 0.4) is 0 Å². The van der Waals surface area contributed by atoms with E-state index in [9.17, 15) is 36.2 Å². The second-order valence-corrected chi connectivity index (χ2v) is 11.3. The molecule has 0 heterocycles. The zero-order valence-corrected chi connectivity index (χ0v) is 24.4. The second kappa shape index (κ2) is 10.8. The summed E-state index contributed by atoms with van der Waals surface area (Å²) < 4.78 is 87.8. The number of aliphatic carboxylic acids is 1. The predicted molar refractivity (Wildman–Crippen MR) is 153 cm³/mol. The van der Waals surface area contributed by atoms with Gasteiger partial charge >= 0.3 is 18.3 Å². The normalized spacial score (nSPS) is 19.8. The van der Waals surface area contributed by atoms with E-state index in [4.69, 9.17) is 33.0 Å². The number of hydrogen-bond acceptors (Lipinski definition) is 3. The second-order valence-electron chi connectivity index (χ2n) is 10.5. The van der Waals surface area contributed by atoms with Gasteiger partial charge in [0.25, 0.3) is 0 Å². The van der Waals surface area contributed by atoms with Gasteiger partial charge in [0.15, 0.2) is 0 Å². The van der Waals surface area contributed by atoms with Gasteiger partial charge in [-0.1, -0.05) is 83.9 Å². The van der Waals surface area contributed by atoms with Gasteiger partial charge in [-0.05, 0) is 48.2 Å². The van der Waals surface area contributed by atoms with E-state index < -0.39 is 36.1 Å². The van der Waals surface area contributed by atoms with Gasteiger partial charge in [-0.2, -0.15) is 26.3 Å². The molecule has 0 spiro atoms. The van der Waals surface area contributed by atoms with E-state index in [-0.39, 0.29) is 43.4 Å². The van der Waals surface area contributed by atoms with Crippen LogP contribution in [-0.2, 0) is 20.7 Å². The summed E-state index contributed by atoms with van der Waals surface area (Å²) in [7, 11) is 0. The third-order valence-corrected chi connectivity index (χ3v) is 8.22. The Hall–Kier alpha value is -3.57. The largest absolute Gasteiger partial charge is 0.480 e. The monoisotopic (exact) mass is 654 g/mol. The average Bonchev–Trinajstić information content (AvgIpc) is 3.36. The van der Waals surface area contributed by atoms with Crippen LogP contribution in [0.15, 0.2) is 72.8 Å². The third-order valence-electron chi connectivity index (χ3n) is 7.62. The molecule has 0 amide bonds. The van der Waals surface area contributed by atoms with Crippen LogP contribution in [0.1, 0.15) is 33.4 Å². The fourth-order valence-electron chi connectivity index (χ4n) is 5.93. The number of carbonyl (C=O) groups is 1. The first kappa shape index (κ1) is 31.8. The van der Waals surface area contributed by atoms with Crippen LogP contribution in [0.2, 0.25) is 10.0 Å². The van der Waals surface area contributed by atoms with Crippen molar-refractivity contribution in [1.29, 1.82) is 0 Å². The number of alkyl halides is 6. The first-order valence-electron chi connectivity index (χ1n) is 13.0. The molecule has 2 atom stereocenters. The highest BCUT2D eigenvalue weighted by atomic mass is 35.5. The average molecular weight is 655 g/mol. The predicted octanol–water partition coefficient (Wildman–Crippen LogP) is 8.96. The van der Waals surface area contributed by atoms with E-state index in [0.717, 1.165) is 0 Å². The molecule has 230 valence electrons. The van der Waals surface area contributed by atoms with Crippen molar-refractivity contribution in [3.8, 4) is 22.3 Å². The molecule has 2 N–H and O–H groups in total. The van der Waals surface area contributed by atoms with Gasteiger partial charge in [-0.3, -0.25) is 0 Å². The van der Waals surface area contributed by atoms with Gasteiger partial charge in [0.2, 0.25) is 11.2 Å². The van der Waals surface area contributed by atoms with E-state index in [1.165, 1.54) is 42.5 Å². The maximum atomic E-state index is 14.1. The first-order chi connectivity index (χ1) is 20.4. The van der Waals surface area contributed by atoms with Crippen molar-refractivity contribution >= 4 is 29.2 Å². The van der Waals surface area contributed by atoms with Crippen LogP contribution in [-0.4, -0.2) is 35.1 Å². The zero-order valence-electron chi connectivity index (χ0n) is 22.9.